The van der Waals surface area contributed by atoms with Crippen molar-refractivity contribution in [2.24, 2.45) is 0 Å². The van der Waals surface area contributed by atoms with Crippen molar-refractivity contribution in [3.05, 3.63) is 243 Å². The van der Waals surface area contributed by atoms with Crippen LogP contribution in [0.1, 0.15) is 0 Å². The van der Waals surface area contributed by atoms with E-state index < -0.39 is 0 Å². The summed E-state index contributed by atoms with van der Waals surface area (Å²) in [6.45, 7) is 0. The molecule has 0 amide bonds. The molecule has 296 valence electrons. The third-order valence-corrected chi connectivity index (χ3v) is 12.4. The summed E-state index contributed by atoms with van der Waals surface area (Å²) in [5.41, 5.74) is 17.7. The molecule has 2 aromatic heterocycles. The molecule has 12 rings (SSSR count). The minimum Gasteiger partial charge on any atom is -0.455 e. The second-order valence-electron chi connectivity index (χ2n) is 16.1. The summed E-state index contributed by atoms with van der Waals surface area (Å²) in [6.07, 6.45) is 0. The van der Waals surface area contributed by atoms with Gasteiger partial charge in [0.1, 0.15) is 11.2 Å². The monoisotopic (exact) mass is 804 g/mol. The first-order valence-electron chi connectivity index (χ1n) is 21.5. The van der Waals surface area contributed by atoms with Crippen LogP contribution in [0.2, 0.25) is 0 Å². The lowest BCUT2D eigenvalue weighted by Crippen LogP contribution is -2.11. The highest BCUT2D eigenvalue weighted by atomic mass is 16.3. The maximum absolute atomic E-state index is 6.74. The van der Waals surface area contributed by atoms with Crippen LogP contribution in [0.4, 0.5) is 17.1 Å². The van der Waals surface area contributed by atoms with E-state index in [-0.39, 0.29) is 0 Å². The molecular formula is C60H40N2O. The number of anilines is 3. The van der Waals surface area contributed by atoms with E-state index >= 15 is 0 Å². The molecule has 0 fully saturated rings. The molecule has 0 aliphatic heterocycles. The standard InChI is InChI=1S/C60H40N2O/c1-3-16-41(17-4-1)45-20-13-21-48(40-45)61(46-36-32-42(33-37-46)43-34-38-47(39-35-43)62-56-29-11-7-22-50(56)51-23-8-12-30-57(51)62)55-28-10-9-24-52(55)53-26-15-31-58-59(53)54-27-14-25-49(60(54)63-58)44-18-5-2-6-19-44/h1-40H. The van der Waals surface area contributed by atoms with Crippen LogP contribution in [-0.2, 0) is 0 Å². The number of benzene rings is 10. The zero-order valence-electron chi connectivity index (χ0n) is 34.4. The van der Waals surface area contributed by atoms with Crippen LogP contribution in [0.5, 0.6) is 0 Å². The molecule has 0 spiro atoms. The number of rotatable bonds is 8. The Morgan fingerprint density at radius 2 is 0.857 bits per heavy atom. The van der Waals surface area contributed by atoms with Crippen LogP contribution in [0.3, 0.4) is 0 Å². The van der Waals surface area contributed by atoms with E-state index in [2.05, 4.69) is 252 Å². The summed E-state index contributed by atoms with van der Waals surface area (Å²) in [7, 11) is 0. The van der Waals surface area contributed by atoms with Crippen LogP contribution >= 0.6 is 0 Å². The first-order chi connectivity index (χ1) is 31.3. The highest BCUT2D eigenvalue weighted by molar-refractivity contribution is 6.16. The van der Waals surface area contributed by atoms with Gasteiger partial charge in [0.05, 0.1) is 16.7 Å². The smallest absolute Gasteiger partial charge is 0.143 e. The average Bonchev–Trinajstić information content (AvgIpc) is 3.92. The van der Waals surface area contributed by atoms with Crippen LogP contribution in [0, 0.1) is 0 Å². The summed E-state index contributed by atoms with van der Waals surface area (Å²) in [5, 5.41) is 4.73. The molecule has 0 aliphatic rings. The second kappa shape index (κ2) is 15.3. The van der Waals surface area contributed by atoms with Crippen LogP contribution in [-0.4, -0.2) is 4.57 Å². The molecule has 3 nitrogen and oxygen atoms in total. The van der Waals surface area contributed by atoms with Crippen LogP contribution in [0.15, 0.2) is 247 Å². The molecule has 0 unspecified atom stereocenters. The van der Waals surface area contributed by atoms with Gasteiger partial charge < -0.3 is 13.9 Å². The third-order valence-electron chi connectivity index (χ3n) is 12.4. The molecule has 0 aliphatic carbocycles. The molecule has 0 N–H and O–H groups in total. The van der Waals surface area contributed by atoms with E-state index in [0.29, 0.717) is 0 Å². The number of aromatic nitrogens is 1. The first kappa shape index (κ1) is 36.5. The molecule has 12 aromatic rings. The van der Waals surface area contributed by atoms with Crippen molar-refractivity contribution >= 4 is 60.8 Å². The van der Waals surface area contributed by atoms with Gasteiger partial charge in [0.25, 0.3) is 0 Å². The van der Waals surface area contributed by atoms with Crippen molar-refractivity contribution in [3.8, 4) is 50.2 Å². The van der Waals surface area contributed by atoms with Gasteiger partial charge in [0.15, 0.2) is 0 Å². The van der Waals surface area contributed by atoms with Gasteiger partial charge in [-0.1, -0.05) is 182 Å². The molecule has 0 saturated heterocycles. The number of hydrogen-bond donors (Lipinski definition) is 0. The number of hydrogen-bond acceptors (Lipinski definition) is 2. The highest BCUT2D eigenvalue weighted by Crippen LogP contribution is 2.46. The highest BCUT2D eigenvalue weighted by Gasteiger charge is 2.22. The lowest BCUT2D eigenvalue weighted by atomic mass is 9.95. The Hall–Kier alpha value is -8.40. The minimum atomic E-state index is 0.867. The molecule has 3 heteroatoms. The van der Waals surface area contributed by atoms with Crippen LogP contribution < -0.4 is 4.90 Å². The zero-order chi connectivity index (χ0) is 41.7. The van der Waals surface area contributed by atoms with Gasteiger partial charge in [-0.15, -0.1) is 0 Å². The normalized spacial score (nSPS) is 11.5. The van der Waals surface area contributed by atoms with Gasteiger partial charge >= 0.3 is 0 Å². The Bertz CT molecular complexity index is 3550. The predicted octanol–water partition coefficient (Wildman–Crippen LogP) is 16.8. The Labute approximate surface area is 366 Å². The quantitative estimate of drug-likeness (QED) is 0.153. The SMILES string of the molecule is c1ccc(-c2cccc(N(c3ccc(-c4ccc(-n5c6ccccc6c6ccccc65)cc4)cc3)c3ccccc3-c3cccc4oc5c(-c6ccccc6)cccc5c34)c2)cc1. The number of para-hydroxylation sites is 4. The molecule has 10 aromatic carbocycles. The fourth-order valence-corrected chi connectivity index (χ4v) is 9.50. The van der Waals surface area contributed by atoms with Crippen molar-refractivity contribution < 1.29 is 4.42 Å². The molecule has 0 saturated carbocycles. The Kier molecular flexibility index (Phi) is 8.83. The fourth-order valence-electron chi connectivity index (χ4n) is 9.50. The number of nitrogens with zero attached hydrogens (tertiary/aromatic N) is 2. The minimum absolute atomic E-state index is 0.867. The number of furan rings is 1. The summed E-state index contributed by atoms with van der Waals surface area (Å²) >= 11 is 0. The van der Waals surface area contributed by atoms with E-state index in [1.165, 1.54) is 27.4 Å². The lowest BCUT2D eigenvalue weighted by molar-refractivity contribution is 0.670. The fraction of sp³-hybridized carbons (Fsp3) is 0. The third kappa shape index (κ3) is 6.29. The molecule has 0 radical (unpaired) electrons. The molecule has 63 heavy (non-hydrogen) atoms. The Morgan fingerprint density at radius 1 is 0.333 bits per heavy atom. The maximum atomic E-state index is 6.74. The van der Waals surface area contributed by atoms with E-state index in [9.17, 15) is 0 Å². The largest absolute Gasteiger partial charge is 0.455 e. The van der Waals surface area contributed by atoms with Crippen molar-refractivity contribution in [1.29, 1.82) is 0 Å². The molecule has 2 heterocycles. The van der Waals surface area contributed by atoms with E-state index in [4.69, 9.17) is 4.42 Å². The van der Waals surface area contributed by atoms with Gasteiger partial charge in [0.2, 0.25) is 0 Å². The van der Waals surface area contributed by atoms with Crippen LogP contribution in [0.25, 0.3) is 93.9 Å². The average molecular weight is 805 g/mol. The van der Waals surface area contributed by atoms with E-state index in [1.807, 2.05) is 0 Å². The van der Waals surface area contributed by atoms with Crippen molar-refractivity contribution in [2.75, 3.05) is 4.90 Å². The summed E-state index contributed by atoms with van der Waals surface area (Å²) in [4.78, 5) is 2.40. The van der Waals surface area contributed by atoms with E-state index in [1.54, 1.807) is 0 Å². The Morgan fingerprint density at radius 3 is 1.59 bits per heavy atom. The van der Waals surface area contributed by atoms with Gasteiger partial charge in [-0.25, -0.2) is 0 Å². The predicted molar refractivity (Wildman–Crippen MR) is 264 cm³/mol. The number of fused-ring (bicyclic) bond motifs is 6. The molecular weight excluding hydrogens is 765 g/mol. The van der Waals surface area contributed by atoms with Gasteiger partial charge in [-0.2, -0.15) is 0 Å². The summed E-state index contributed by atoms with van der Waals surface area (Å²) < 4.78 is 9.11. The second-order valence-corrected chi connectivity index (χ2v) is 16.1. The summed E-state index contributed by atoms with van der Waals surface area (Å²) in [5.74, 6) is 0. The van der Waals surface area contributed by atoms with Crippen molar-refractivity contribution in [1.82, 2.24) is 4.57 Å². The lowest BCUT2D eigenvalue weighted by Gasteiger charge is -2.28. The van der Waals surface area contributed by atoms with Gasteiger partial charge in [-0.3, -0.25) is 0 Å². The Balaban J connectivity index is 0.979. The molecule has 0 atom stereocenters. The molecule has 0 bridgehead atoms. The van der Waals surface area contributed by atoms with Crippen molar-refractivity contribution in [3.63, 3.8) is 0 Å². The van der Waals surface area contributed by atoms with E-state index in [0.717, 1.165) is 83.6 Å². The first-order valence-corrected chi connectivity index (χ1v) is 21.5. The zero-order valence-corrected chi connectivity index (χ0v) is 34.4. The summed E-state index contributed by atoms with van der Waals surface area (Å²) in [6, 6.07) is 86.9. The van der Waals surface area contributed by atoms with Gasteiger partial charge in [-0.05, 0) is 94.0 Å². The maximum Gasteiger partial charge on any atom is 0.143 e. The van der Waals surface area contributed by atoms with Gasteiger partial charge in [0, 0.05) is 49.7 Å². The van der Waals surface area contributed by atoms with Crippen molar-refractivity contribution in [2.45, 2.75) is 0 Å². The topological polar surface area (TPSA) is 21.3 Å².